The molecule has 0 aliphatic carbocycles. The standard InChI is InChI=1S/C23H37N3O/c1-5-25-16-18-26(19-17-25)15-7-6-14-24-22(27)13-10-20-8-11-21(12-9-20)23(2,3)4/h8-13H,5-7,14-19H2,1-4H3,(H,24,27). The van der Waals surface area contributed by atoms with E-state index in [2.05, 4.69) is 67.1 Å². The Morgan fingerprint density at radius 3 is 2.26 bits per heavy atom. The Kier molecular flexibility index (Phi) is 8.52. The molecule has 1 heterocycles. The number of rotatable bonds is 8. The summed E-state index contributed by atoms with van der Waals surface area (Å²) in [5.41, 5.74) is 2.52. The summed E-state index contributed by atoms with van der Waals surface area (Å²) in [6.07, 6.45) is 5.70. The van der Waals surface area contributed by atoms with Gasteiger partial charge in [-0.3, -0.25) is 4.79 Å². The summed E-state index contributed by atoms with van der Waals surface area (Å²) in [5.74, 6) is -0.00791. The van der Waals surface area contributed by atoms with Crippen LogP contribution in [0.25, 0.3) is 6.08 Å². The van der Waals surface area contributed by atoms with Crippen LogP contribution >= 0.6 is 0 Å². The largest absolute Gasteiger partial charge is 0.353 e. The molecule has 0 saturated carbocycles. The predicted octanol–water partition coefficient (Wildman–Crippen LogP) is 3.53. The second-order valence-electron chi connectivity index (χ2n) is 8.48. The van der Waals surface area contributed by atoms with Crippen LogP contribution in [0, 0.1) is 0 Å². The van der Waals surface area contributed by atoms with Crippen molar-refractivity contribution in [2.24, 2.45) is 0 Å². The molecule has 0 atom stereocenters. The van der Waals surface area contributed by atoms with Gasteiger partial charge in [0, 0.05) is 38.8 Å². The first kappa shape index (κ1) is 21.6. The second kappa shape index (κ2) is 10.6. The molecule has 1 N–H and O–H groups in total. The van der Waals surface area contributed by atoms with Crippen LogP contribution in [0.5, 0.6) is 0 Å². The van der Waals surface area contributed by atoms with E-state index in [1.165, 1.54) is 31.7 Å². The van der Waals surface area contributed by atoms with Crippen molar-refractivity contribution >= 4 is 12.0 Å². The summed E-state index contributed by atoms with van der Waals surface area (Å²) in [6, 6.07) is 8.42. The minimum absolute atomic E-state index is 0.00791. The highest BCUT2D eigenvalue weighted by molar-refractivity contribution is 5.91. The molecule has 1 fully saturated rings. The third-order valence-electron chi connectivity index (χ3n) is 5.32. The van der Waals surface area contributed by atoms with Gasteiger partial charge in [-0.2, -0.15) is 0 Å². The van der Waals surface area contributed by atoms with E-state index in [4.69, 9.17) is 0 Å². The Morgan fingerprint density at radius 2 is 1.67 bits per heavy atom. The third-order valence-corrected chi connectivity index (χ3v) is 5.32. The molecule has 0 unspecified atom stereocenters. The number of amides is 1. The van der Waals surface area contributed by atoms with Crippen molar-refractivity contribution in [3.05, 3.63) is 41.5 Å². The van der Waals surface area contributed by atoms with Crippen LogP contribution in [0.1, 0.15) is 51.7 Å². The van der Waals surface area contributed by atoms with Gasteiger partial charge in [-0.1, -0.05) is 52.0 Å². The van der Waals surface area contributed by atoms with Crippen molar-refractivity contribution in [2.75, 3.05) is 45.8 Å². The zero-order valence-electron chi connectivity index (χ0n) is 17.6. The van der Waals surface area contributed by atoms with Gasteiger partial charge < -0.3 is 15.1 Å². The van der Waals surface area contributed by atoms with E-state index in [1.54, 1.807) is 6.08 Å². The maximum Gasteiger partial charge on any atom is 0.243 e. The van der Waals surface area contributed by atoms with Crippen molar-refractivity contribution < 1.29 is 4.79 Å². The number of likely N-dealkylation sites (N-methyl/N-ethyl adjacent to an activating group) is 1. The number of unbranched alkanes of at least 4 members (excludes halogenated alkanes) is 1. The summed E-state index contributed by atoms with van der Waals surface area (Å²) < 4.78 is 0. The number of carbonyl (C=O) groups is 1. The molecule has 1 aliphatic rings. The molecule has 0 radical (unpaired) electrons. The number of carbonyl (C=O) groups excluding carboxylic acids is 1. The third kappa shape index (κ3) is 7.86. The van der Waals surface area contributed by atoms with Crippen LogP contribution in [0.15, 0.2) is 30.3 Å². The monoisotopic (exact) mass is 371 g/mol. The number of nitrogens with one attached hydrogen (secondary N) is 1. The molecule has 1 saturated heterocycles. The molecule has 0 aromatic heterocycles. The minimum Gasteiger partial charge on any atom is -0.353 e. The van der Waals surface area contributed by atoms with Crippen molar-refractivity contribution in [3.63, 3.8) is 0 Å². The molecule has 1 aromatic carbocycles. The Morgan fingerprint density at radius 1 is 1.04 bits per heavy atom. The fraction of sp³-hybridized carbons (Fsp3) is 0.609. The second-order valence-corrected chi connectivity index (χ2v) is 8.48. The fourth-order valence-corrected chi connectivity index (χ4v) is 3.33. The van der Waals surface area contributed by atoms with Crippen molar-refractivity contribution in [3.8, 4) is 0 Å². The van der Waals surface area contributed by atoms with E-state index in [1.807, 2.05) is 6.08 Å². The Labute approximate surface area is 165 Å². The molecule has 0 spiro atoms. The van der Waals surface area contributed by atoms with Crippen LogP contribution in [0.4, 0.5) is 0 Å². The maximum absolute atomic E-state index is 12.0. The molecule has 1 amide bonds. The van der Waals surface area contributed by atoms with Gasteiger partial charge in [-0.15, -0.1) is 0 Å². The highest BCUT2D eigenvalue weighted by Gasteiger charge is 2.14. The summed E-state index contributed by atoms with van der Waals surface area (Å²) in [5, 5.41) is 2.99. The molecule has 27 heavy (non-hydrogen) atoms. The number of piperazine rings is 1. The molecule has 1 aromatic rings. The molecule has 4 nitrogen and oxygen atoms in total. The SMILES string of the molecule is CCN1CCN(CCCCNC(=O)C=Cc2ccc(C(C)(C)C)cc2)CC1. The number of hydrogen-bond acceptors (Lipinski definition) is 3. The average Bonchev–Trinajstić information content (AvgIpc) is 2.66. The van der Waals surface area contributed by atoms with Crippen molar-refractivity contribution in [1.29, 1.82) is 0 Å². The van der Waals surface area contributed by atoms with Gasteiger partial charge in [0.15, 0.2) is 0 Å². The summed E-state index contributed by atoms with van der Waals surface area (Å²) in [4.78, 5) is 17.0. The van der Waals surface area contributed by atoms with Crippen LogP contribution < -0.4 is 5.32 Å². The smallest absolute Gasteiger partial charge is 0.243 e. The number of hydrogen-bond donors (Lipinski definition) is 1. The van der Waals surface area contributed by atoms with Gasteiger partial charge in [0.05, 0.1) is 0 Å². The van der Waals surface area contributed by atoms with E-state index in [0.29, 0.717) is 0 Å². The van der Waals surface area contributed by atoms with Gasteiger partial charge in [0.2, 0.25) is 5.91 Å². The lowest BCUT2D eigenvalue weighted by atomic mass is 9.87. The summed E-state index contributed by atoms with van der Waals surface area (Å²) in [7, 11) is 0. The Balaban J connectivity index is 1.60. The van der Waals surface area contributed by atoms with E-state index in [0.717, 1.165) is 38.0 Å². The van der Waals surface area contributed by atoms with Crippen LogP contribution in [0.2, 0.25) is 0 Å². The summed E-state index contributed by atoms with van der Waals surface area (Å²) in [6.45, 7) is 16.6. The van der Waals surface area contributed by atoms with Crippen LogP contribution in [-0.4, -0.2) is 61.5 Å². The first-order valence-corrected chi connectivity index (χ1v) is 10.4. The van der Waals surface area contributed by atoms with Gasteiger partial charge in [0.25, 0.3) is 0 Å². The molecule has 2 rings (SSSR count). The van der Waals surface area contributed by atoms with Gasteiger partial charge in [-0.05, 0) is 48.5 Å². The maximum atomic E-state index is 12.0. The topological polar surface area (TPSA) is 35.6 Å². The van der Waals surface area contributed by atoms with Gasteiger partial charge in [-0.25, -0.2) is 0 Å². The first-order valence-electron chi connectivity index (χ1n) is 10.4. The highest BCUT2D eigenvalue weighted by atomic mass is 16.1. The quantitative estimate of drug-likeness (QED) is 0.561. The average molecular weight is 372 g/mol. The molecule has 150 valence electrons. The van der Waals surface area contributed by atoms with Crippen LogP contribution in [-0.2, 0) is 10.2 Å². The molecule has 4 heteroatoms. The van der Waals surface area contributed by atoms with E-state index in [-0.39, 0.29) is 11.3 Å². The van der Waals surface area contributed by atoms with Gasteiger partial charge >= 0.3 is 0 Å². The fourth-order valence-electron chi connectivity index (χ4n) is 3.33. The zero-order chi connectivity index (χ0) is 19.7. The lowest BCUT2D eigenvalue weighted by Gasteiger charge is -2.33. The molecular weight excluding hydrogens is 334 g/mol. The van der Waals surface area contributed by atoms with Crippen molar-refractivity contribution in [2.45, 2.75) is 46.0 Å². The van der Waals surface area contributed by atoms with E-state index in [9.17, 15) is 4.79 Å². The lowest BCUT2D eigenvalue weighted by molar-refractivity contribution is -0.116. The van der Waals surface area contributed by atoms with E-state index < -0.39 is 0 Å². The minimum atomic E-state index is -0.00791. The van der Waals surface area contributed by atoms with E-state index >= 15 is 0 Å². The first-order chi connectivity index (χ1) is 12.9. The Bertz CT molecular complexity index is 593. The zero-order valence-corrected chi connectivity index (χ0v) is 17.6. The number of benzene rings is 1. The van der Waals surface area contributed by atoms with Gasteiger partial charge in [0.1, 0.15) is 0 Å². The normalized spacial score (nSPS) is 16.7. The van der Waals surface area contributed by atoms with Crippen molar-refractivity contribution in [1.82, 2.24) is 15.1 Å². The Hall–Kier alpha value is -1.65. The molecule has 0 bridgehead atoms. The predicted molar refractivity (Wildman–Crippen MR) is 115 cm³/mol. The lowest BCUT2D eigenvalue weighted by Crippen LogP contribution is -2.46. The summed E-state index contributed by atoms with van der Waals surface area (Å²) >= 11 is 0. The molecule has 1 aliphatic heterocycles. The van der Waals surface area contributed by atoms with Crippen LogP contribution in [0.3, 0.4) is 0 Å². The molecular formula is C23H37N3O. The highest BCUT2D eigenvalue weighted by Crippen LogP contribution is 2.22. The number of nitrogens with zero attached hydrogens (tertiary/aromatic N) is 2.